The smallest absolute Gasteiger partial charge is 0.256 e. The number of quaternary nitrogens is 1. The Hall–Kier alpha value is -2.88. The molecule has 2 saturated heterocycles. The van der Waals surface area contributed by atoms with Crippen LogP contribution in [0.25, 0.3) is 5.69 Å². The minimum Gasteiger partial charge on any atom is -0.353 e. The number of para-hydroxylation sites is 1. The van der Waals surface area contributed by atoms with Gasteiger partial charge in [0.25, 0.3) is 5.91 Å². The molecule has 0 unspecified atom stereocenters. The van der Waals surface area contributed by atoms with Crippen LogP contribution in [0.5, 0.6) is 0 Å². The Morgan fingerprint density at radius 2 is 1.97 bits per heavy atom. The molecule has 34 heavy (non-hydrogen) atoms. The topological polar surface area (TPSA) is 44.6 Å². The SMILES string of the molecule is Cc1cc(N2CCN([N@@+]34C=CC=C3C=C(C(=O)N3CCSC3)C4)CC2)n(-c2ccccc2F)n1. The van der Waals surface area contributed by atoms with Gasteiger partial charge in [0.15, 0.2) is 5.70 Å². The summed E-state index contributed by atoms with van der Waals surface area (Å²) in [5, 5.41) is 7.02. The summed E-state index contributed by atoms with van der Waals surface area (Å²) in [5.74, 6) is 2.62. The quantitative estimate of drug-likeness (QED) is 0.631. The number of fused-ring (bicyclic) bond motifs is 1. The van der Waals surface area contributed by atoms with Crippen molar-refractivity contribution in [2.75, 3.05) is 55.8 Å². The summed E-state index contributed by atoms with van der Waals surface area (Å²) in [4.78, 5) is 17.3. The van der Waals surface area contributed by atoms with Crippen LogP contribution >= 0.6 is 11.8 Å². The first-order valence-corrected chi connectivity index (χ1v) is 12.9. The normalized spacial score (nSPS) is 24.5. The lowest BCUT2D eigenvalue weighted by Crippen LogP contribution is -2.60. The maximum Gasteiger partial charge on any atom is 0.256 e. The zero-order valence-corrected chi connectivity index (χ0v) is 20.0. The molecule has 1 aromatic heterocycles. The molecule has 2 fully saturated rings. The van der Waals surface area contributed by atoms with E-state index >= 15 is 0 Å². The predicted octanol–water partition coefficient (Wildman–Crippen LogP) is 3.06. The number of benzene rings is 1. The van der Waals surface area contributed by atoms with Crippen LogP contribution in [-0.4, -0.2) is 81.1 Å². The minimum absolute atomic E-state index is 0.175. The van der Waals surface area contributed by atoms with Crippen LogP contribution in [0.15, 0.2) is 66.0 Å². The van der Waals surface area contributed by atoms with E-state index in [1.165, 1.54) is 6.07 Å². The van der Waals surface area contributed by atoms with Crippen molar-refractivity contribution in [3.8, 4) is 5.69 Å². The number of hydrogen-bond donors (Lipinski definition) is 0. The third-order valence-electron chi connectivity index (χ3n) is 7.07. The lowest BCUT2D eigenvalue weighted by molar-refractivity contribution is -0.948. The molecule has 6 rings (SSSR count). The number of thioether (sulfide) groups is 1. The van der Waals surface area contributed by atoms with Crippen LogP contribution in [0.4, 0.5) is 10.2 Å². The molecule has 0 N–H and O–H groups in total. The van der Waals surface area contributed by atoms with Gasteiger partial charge < -0.3 is 9.80 Å². The predicted molar refractivity (Wildman–Crippen MR) is 132 cm³/mol. The summed E-state index contributed by atoms with van der Waals surface area (Å²) in [7, 11) is 0. The number of allylic oxidation sites excluding steroid dienone is 3. The summed E-state index contributed by atoms with van der Waals surface area (Å²) in [5.41, 5.74) is 3.39. The van der Waals surface area contributed by atoms with Gasteiger partial charge in [-0.1, -0.05) is 12.1 Å². The van der Waals surface area contributed by atoms with Crippen LogP contribution in [0.1, 0.15) is 5.69 Å². The van der Waals surface area contributed by atoms with Crippen molar-refractivity contribution in [3.63, 3.8) is 0 Å². The highest BCUT2D eigenvalue weighted by molar-refractivity contribution is 7.99. The second-order valence-corrected chi connectivity index (χ2v) is 10.2. The monoisotopic (exact) mass is 479 g/mol. The molecule has 0 bridgehead atoms. The van der Waals surface area contributed by atoms with Gasteiger partial charge in [0.1, 0.15) is 30.1 Å². The second kappa shape index (κ2) is 8.41. The van der Waals surface area contributed by atoms with Crippen molar-refractivity contribution in [2.45, 2.75) is 6.92 Å². The number of piperazine rings is 1. The summed E-state index contributed by atoms with van der Waals surface area (Å²) < 4.78 is 16.8. The number of anilines is 1. The number of amides is 1. The summed E-state index contributed by atoms with van der Waals surface area (Å²) in [6, 6.07) is 8.79. The van der Waals surface area contributed by atoms with Gasteiger partial charge in [0.2, 0.25) is 0 Å². The minimum atomic E-state index is -0.280. The zero-order valence-electron chi connectivity index (χ0n) is 19.2. The van der Waals surface area contributed by atoms with E-state index in [0.717, 1.165) is 67.1 Å². The molecule has 7 nitrogen and oxygen atoms in total. The third kappa shape index (κ3) is 3.50. The fraction of sp³-hybridized carbons (Fsp3) is 0.360. The molecule has 1 aromatic carbocycles. The molecule has 5 heterocycles. The van der Waals surface area contributed by atoms with Gasteiger partial charge in [-0.15, -0.1) is 16.8 Å². The molecule has 176 valence electrons. The standard InChI is InChI=1S/C25H28FN6OS/c1-19-15-24(31(27-19)23-7-3-2-6-22(23)26)28-8-10-30(11-9-28)32-13-4-5-21(32)16-20(17-32)25(33)29-12-14-34-18-29/h2-7,13,15-16H,8-12,14,17-18H2,1H3/q+1/t32-/m1/s1. The van der Waals surface area contributed by atoms with Gasteiger partial charge in [-0.25, -0.2) is 9.07 Å². The Bertz CT molecular complexity index is 1220. The highest BCUT2D eigenvalue weighted by atomic mass is 32.2. The zero-order chi connectivity index (χ0) is 23.3. The summed E-state index contributed by atoms with van der Waals surface area (Å²) in [6.07, 6.45) is 8.52. The van der Waals surface area contributed by atoms with Crippen LogP contribution in [0.2, 0.25) is 0 Å². The summed E-state index contributed by atoms with van der Waals surface area (Å²) >= 11 is 1.82. The van der Waals surface area contributed by atoms with Gasteiger partial charge in [-0.2, -0.15) is 9.69 Å². The van der Waals surface area contributed by atoms with E-state index < -0.39 is 0 Å². The number of rotatable bonds is 4. The average Bonchev–Trinajstić information content (AvgIpc) is 3.62. The van der Waals surface area contributed by atoms with E-state index in [1.54, 1.807) is 16.8 Å². The van der Waals surface area contributed by atoms with E-state index in [-0.39, 0.29) is 11.7 Å². The molecule has 0 spiro atoms. The number of carbonyl (C=O) groups excluding carboxylic acids is 1. The molecule has 0 radical (unpaired) electrons. The second-order valence-electron chi connectivity index (χ2n) is 9.14. The van der Waals surface area contributed by atoms with E-state index in [9.17, 15) is 9.18 Å². The molecular weight excluding hydrogens is 451 g/mol. The molecule has 9 heteroatoms. The highest BCUT2D eigenvalue weighted by Gasteiger charge is 2.48. The van der Waals surface area contributed by atoms with Gasteiger partial charge >= 0.3 is 0 Å². The van der Waals surface area contributed by atoms with E-state index in [4.69, 9.17) is 0 Å². The van der Waals surface area contributed by atoms with Gasteiger partial charge in [-0.05, 0) is 25.1 Å². The Labute approximate surface area is 203 Å². The van der Waals surface area contributed by atoms with E-state index in [0.29, 0.717) is 16.8 Å². The Morgan fingerprint density at radius 1 is 1.15 bits per heavy atom. The number of aryl methyl sites for hydroxylation is 1. The first kappa shape index (κ1) is 21.6. The maximum absolute atomic E-state index is 14.5. The van der Waals surface area contributed by atoms with Gasteiger partial charge in [-0.3, -0.25) is 4.79 Å². The molecular formula is C25H28FN6OS+. The van der Waals surface area contributed by atoms with Crippen LogP contribution in [0, 0.1) is 12.7 Å². The number of nitrogens with zero attached hydrogens (tertiary/aromatic N) is 6. The first-order chi connectivity index (χ1) is 16.5. The Morgan fingerprint density at radius 3 is 2.74 bits per heavy atom. The third-order valence-corrected chi connectivity index (χ3v) is 8.04. The number of aromatic nitrogens is 2. The number of halogens is 1. The number of hydrogen-bond acceptors (Lipinski definition) is 5. The van der Waals surface area contributed by atoms with Crippen LogP contribution in [-0.2, 0) is 4.79 Å². The largest absolute Gasteiger partial charge is 0.353 e. The van der Waals surface area contributed by atoms with Crippen molar-refractivity contribution < 1.29 is 13.8 Å². The highest BCUT2D eigenvalue weighted by Crippen LogP contribution is 2.38. The lowest BCUT2D eigenvalue weighted by Gasteiger charge is -2.44. The molecule has 1 atom stereocenters. The van der Waals surface area contributed by atoms with Crippen molar-refractivity contribution in [1.29, 1.82) is 0 Å². The Kier molecular flexibility index (Phi) is 5.35. The first-order valence-electron chi connectivity index (χ1n) is 11.7. The lowest BCUT2D eigenvalue weighted by atomic mass is 10.2. The van der Waals surface area contributed by atoms with Crippen molar-refractivity contribution >= 4 is 23.5 Å². The van der Waals surface area contributed by atoms with Crippen molar-refractivity contribution in [1.82, 2.24) is 19.7 Å². The van der Waals surface area contributed by atoms with E-state index in [1.807, 2.05) is 35.7 Å². The van der Waals surface area contributed by atoms with Crippen LogP contribution in [0.3, 0.4) is 0 Å². The van der Waals surface area contributed by atoms with Crippen molar-refractivity contribution in [2.24, 2.45) is 0 Å². The molecule has 0 saturated carbocycles. The summed E-state index contributed by atoms with van der Waals surface area (Å²) in [6.45, 7) is 6.71. The van der Waals surface area contributed by atoms with Crippen LogP contribution < -0.4 is 4.90 Å². The Balaban J connectivity index is 1.19. The fourth-order valence-corrected chi connectivity index (χ4v) is 6.29. The van der Waals surface area contributed by atoms with E-state index in [2.05, 4.69) is 39.4 Å². The molecule has 4 aliphatic rings. The average molecular weight is 480 g/mol. The molecule has 4 aliphatic heterocycles. The number of carbonyl (C=O) groups is 1. The molecule has 2 aromatic rings. The van der Waals surface area contributed by atoms with Gasteiger partial charge in [0.05, 0.1) is 30.2 Å². The van der Waals surface area contributed by atoms with Crippen molar-refractivity contribution in [3.05, 3.63) is 77.5 Å². The van der Waals surface area contributed by atoms with Gasteiger partial charge in [0, 0.05) is 43.6 Å². The fourth-order valence-electron chi connectivity index (χ4n) is 5.34. The molecule has 0 aliphatic carbocycles. The molecule has 1 amide bonds. The maximum atomic E-state index is 14.5.